The Kier molecular flexibility index (Phi) is 2.89. The number of fused-ring (bicyclic) bond motifs is 2. The van der Waals surface area contributed by atoms with Gasteiger partial charge in [0.15, 0.2) is 0 Å². The Labute approximate surface area is 117 Å². The first-order valence-electron chi connectivity index (χ1n) is 7.02. The van der Waals surface area contributed by atoms with E-state index in [2.05, 4.69) is 16.0 Å². The molecule has 2 aromatic heterocycles. The number of rotatable bonds is 1. The topological polar surface area (TPSA) is 44.2 Å². The number of aromatic nitrogens is 2. The average molecular weight is 268 g/mol. The highest BCUT2D eigenvalue weighted by Crippen LogP contribution is 2.31. The molecule has 0 aliphatic carbocycles. The van der Waals surface area contributed by atoms with E-state index in [4.69, 9.17) is 9.47 Å². The summed E-state index contributed by atoms with van der Waals surface area (Å²) in [5, 5.41) is 0. The van der Waals surface area contributed by atoms with Gasteiger partial charge < -0.3 is 9.47 Å². The second-order valence-corrected chi connectivity index (χ2v) is 5.34. The number of ether oxygens (including phenoxy) is 2. The zero-order valence-electron chi connectivity index (χ0n) is 11.2. The maximum Gasteiger partial charge on any atom is 0.140 e. The summed E-state index contributed by atoms with van der Waals surface area (Å²) in [6, 6.07) is 6.17. The molecule has 4 rings (SSSR count). The molecular formula is C16H16N2O2. The second-order valence-electron chi connectivity index (χ2n) is 5.34. The molecule has 0 saturated carbocycles. The Morgan fingerprint density at radius 1 is 1.20 bits per heavy atom. The standard InChI is InChI=1S/C16H16N2O2/c1-2-16-14(17-4-1)7-13(9-20-16)12-6-11-3-5-19-10-15(11)18-8-12/h1-2,4,6,8,13H,3,5,7,9-10H2. The Hall–Kier alpha value is -1.94. The Bertz CT molecular complexity index is 642. The fourth-order valence-corrected chi connectivity index (χ4v) is 2.88. The molecule has 0 N–H and O–H groups in total. The number of hydrogen-bond donors (Lipinski definition) is 0. The van der Waals surface area contributed by atoms with Crippen LogP contribution < -0.4 is 4.74 Å². The summed E-state index contributed by atoms with van der Waals surface area (Å²) in [4.78, 5) is 8.97. The molecule has 4 nitrogen and oxygen atoms in total. The Morgan fingerprint density at radius 3 is 3.20 bits per heavy atom. The third-order valence-electron chi connectivity index (χ3n) is 4.04. The van der Waals surface area contributed by atoms with Crippen LogP contribution in [0.1, 0.15) is 28.4 Å². The van der Waals surface area contributed by atoms with E-state index >= 15 is 0 Å². The summed E-state index contributed by atoms with van der Waals surface area (Å²) in [5.41, 5.74) is 4.70. The molecule has 0 bridgehead atoms. The molecule has 2 aromatic rings. The molecule has 0 aromatic carbocycles. The summed E-state index contributed by atoms with van der Waals surface area (Å²) in [5.74, 6) is 1.26. The van der Waals surface area contributed by atoms with Crippen LogP contribution in [0.3, 0.4) is 0 Å². The summed E-state index contributed by atoms with van der Waals surface area (Å²) in [6.45, 7) is 2.14. The van der Waals surface area contributed by atoms with Crippen LogP contribution in [0.5, 0.6) is 5.75 Å². The van der Waals surface area contributed by atoms with Gasteiger partial charge >= 0.3 is 0 Å². The van der Waals surface area contributed by atoms with Gasteiger partial charge in [0.25, 0.3) is 0 Å². The summed E-state index contributed by atoms with van der Waals surface area (Å²) >= 11 is 0. The Morgan fingerprint density at radius 2 is 2.20 bits per heavy atom. The third kappa shape index (κ3) is 2.06. The van der Waals surface area contributed by atoms with Gasteiger partial charge in [0.05, 0.1) is 31.2 Å². The minimum Gasteiger partial charge on any atom is -0.491 e. The van der Waals surface area contributed by atoms with E-state index in [1.807, 2.05) is 24.5 Å². The highest BCUT2D eigenvalue weighted by Gasteiger charge is 2.23. The van der Waals surface area contributed by atoms with Crippen molar-refractivity contribution in [3.63, 3.8) is 0 Å². The monoisotopic (exact) mass is 268 g/mol. The average Bonchev–Trinajstić information content (AvgIpc) is 2.54. The normalized spacial score (nSPS) is 20.7. The van der Waals surface area contributed by atoms with Crippen molar-refractivity contribution in [2.75, 3.05) is 13.2 Å². The van der Waals surface area contributed by atoms with Crippen molar-refractivity contribution in [3.8, 4) is 5.75 Å². The van der Waals surface area contributed by atoms with Crippen LogP contribution in [0.15, 0.2) is 30.6 Å². The fourth-order valence-electron chi connectivity index (χ4n) is 2.88. The molecular weight excluding hydrogens is 252 g/mol. The summed E-state index contributed by atoms with van der Waals surface area (Å²) in [7, 11) is 0. The smallest absolute Gasteiger partial charge is 0.140 e. The first-order valence-corrected chi connectivity index (χ1v) is 7.02. The maximum atomic E-state index is 5.82. The molecule has 0 amide bonds. The van der Waals surface area contributed by atoms with E-state index in [1.54, 1.807) is 0 Å². The molecule has 2 aliphatic rings. The molecule has 4 heterocycles. The SMILES string of the molecule is c1cnc2c(c1)OCC(c1cnc3c(c1)CCOC3)C2. The predicted octanol–water partition coefficient (Wildman–Crippen LogP) is 2.27. The number of nitrogens with zero attached hydrogens (tertiary/aromatic N) is 2. The van der Waals surface area contributed by atoms with Crippen LogP contribution in [-0.4, -0.2) is 23.2 Å². The van der Waals surface area contributed by atoms with Gasteiger partial charge in [-0.2, -0.15) is 0 Å². The zero-order valence-corrected chi connectivity index (χ0v) is 11.2. The van der Waals surface area contributed by atoms with Gasteiger partial charge in [-0.25, -0.2) is 0 Å². The van der Waals surface area contributed by atoms with Crippen LogP contribution in [0.25, 0.3) is 0 Å². The van der Waals surface area contributed by atoms with Gasteiger partial charge in [-0.05, 0) is 29.7 Å². The molecule has 102 valence electrons. The van der Waals surface area contributed by atoms with Crippen molar-refractivity contribution in [1.29, 1.82) is 0 Å². The molecule has 1 atom stereocenters. The number of hydrogen-bond acceptors (Lipinski definition) is 4. The van der Waals surface area contributed by atoms with Gasteiger partial charge in [-0.1, -0.05) is 6.07 Å². The molecule has 20 heavy (non-hydrogen) atoms. The molecule has 2 aliphatic heterocycles. The van der Waals surface area contributed by atoms with Gasteiger partial charge in [0.2, 0.25) is 0 Å². The van der Waals surface area contributed by atoms with E-state index in [1.165, 1.54) is 11.1 Å². The zero-order chi connectivity index (χ0) is 13.4. The minimum atomic E-state index is 0.345. The largest absolute Gasteiger partial charge is 0.491 e. The lowest BCUT2D eigenvalue weighted by molar-refractivity contribution is 0.107. The van der Waals surface area contributed by atoms with Crippen LogP contribution in [0.4, 0.5) is 0 Å². The molecule has 0 fully saturated rings. The molecule has 0 radical (unpaired) electrons. The van der Waals surface area contributed by atoms with Crippen molar-refractivity contribution in [2.45, 2.75) is 25.4 Å². The molecule has 0 saturated heterocycles. The highest BCUT2D eigenvalue weighted by molar-refractivity contribution is 5.34. The van der Waals surface area contributed by atoms with Crippen molar-refractivity contribution < 1.29 is 9.47 Å². The number of pyridine rings is 2. The third-order valence-corrected chi connectivity index (χ3v) is 4.04. The van der Waals surface area contributed by atoms with Gasteiger partial charge in [0, 0.05) is 24.7 Å². The second kappa shape index (κ2) is 4.87. The van der Waals surface area contributed by atoms with E-state index < -0.39 is 0 Å². The van der Waals surface area contributed by atoms with Crippen molar-refractivity contribution in [1.82, 2.24) is 9.97 Å². The predicted molar refractivity (Wildman–Crippen MR) is 73.8 cm³/mol. The first kappa shape index (κ1) is 11.9. The highest BCUT2D eigenvalue weighted by atomic mass is 16.5. The van der Waals surface area contributed by atoms with Gasteiger partial charge in [0.1, 0.15) is 5.75 Å². The fraction of sp³-hybridized carbons (Fsp3) is 0.375. The van der Waals surface area contributed by atoms with E-state index in [9.17, 15) is 0 Å². The van der Waals surface area contributed by atoms with Crippen LogP contribution >= 0.6 is 0 Å². The van der Waals surface area contributed by atoms with Crippen molar-refractivity contribution >= 4 is 0 Å². The molecule has 4 heteroatoms. The van der Waals surface area contributed by atoms with Gasteiger partial charge in [-0.15, -0.1) is 0 Å². The van der Waals surface area contributed by atoms with E-state index in [0.717, 1.165) is 36.6 Å². The van der Waals surface area contributed by atoms with E-state index in [0.29, 0.717) is 19.1 Å². The Balaban J connectivity index is 1.63. The summed E-state index contributed by atoms with van der Waals surface area (Å²) < 4.78 is 11.3. The van der Waals surface area contributed by atoms with Gasteiger partial charge in [-0.3, -0.25) is 9.97 Å². The minimum absolute atomic E-state index is 0.345. The quantitative estimate of drug-likeness (QED) is 0.796. The van der Waals surface area contributed by atoms with Crippen LogP contribution in [-0.2, 0) is 24.2 Å². The lowest BCUT2D eigenvalue weighted by Gasteiger charge is -2.25. The lowest BCUT2D eigenvalue weighted by Crippen LogP contribution is -2.21. The maximum absolute atomic E-state index is 5.82. The van der Waals surface area contributed by atoms with Crippen LogP contribution in [0.2, 0.25) is 0 Å². The van der Waals surface area contributed by atoms with Crippen molar-refractivity contribution in [2.24, 2.45) is 0 Å². The van der Waals surface area contributed by atoms with Crippen LogP contribution in [0, 0.1) is 0 Å². The lowest BCUT2D eigenvalue weighted by atomic mass is 9.92. The van der Waals surface area contributed by atoms with Crippen molar-refractivity contribution in [3.05, 3.63) is 53.1 Å². The van der Waals surface area contributed by atoms with E-state index in [-0.39, 0.29) is 0 Å². The first-order chi connectivity index (χ1) is 9.90. The molecule has 0 spiro atoms. The molecule has 1 unspecified atom stereocenters. The summed E-state index contributed by atoms with van der Waals surface area (Å²) in [6.07, 6.45) is 5.67.